The summed E-state index contributed by atoms with van der Waals surface area (Å²) in [5.41, 5.74) is 2.74. The minimum atomic E-state index is 0.0932. The summed E-state index contributed by atoms with van der Waals surface area (Å²) in [7, 11) is 0. The first-order valence-corrected chi connectivity index (χ1v) is 8.33. The molecular weight excluding hydrogens is 298 g/mol. The predicted molar refractivity (Wildman–Crippen MR) is 85.0 cm³/mol. The molecule has 0 spiro atoms. The molecular formula is C16H19N3O2S. The number of carbonyl (C=O) groups excluding carboxylic acids is 1. The van der Waals surface area contributed by atoms with E-state index < -0.39 is 0 Å². The highest BCUT2D eigenvalue weighted by Gasteiger charge is 2.24. The van der Waals surface area contributed by atoms with Crippen molar-refractivity contribution >= 4 is 17.2 Å². The molecule has 2 aromatic heterocycles. The van der Waals surface area contributed by atoms with Crippen molar-refractivity contribution in [1.82, 2.24) is 14.9 Å². The molecule has 0 radical (unpaired) electrons. The Morgan fingerprint density at radius 2 is 2.41 bits per heavy atom. The normalized spacial score (nSPS) is 19.0. The maximum Gasteiger partial charge on any atom is 0.254 e. The van der Waals surface area contributed by atoms with Crippen molar-refractivity contribution in [2.45, 2.75) is 13.3 Å². The van der Waals surface area contributed by atoms with Crippen LogP contribution in [0.3, 0.4) is 0 Å². The van der Waals surface area contributed by atoms with Crippen LogP contribution in [0.5, 0.6) is 0 Å². The van der Waals surface area contributed by atoms with Crippen molar-refractivity contribution in [3.8, 4) is 0 Å². The van der Waals surface area contributed by atoms with E-state index >= 15 is 0 Å². The molecule has 0 aromatic carbocycles. The molecule has 0 saturated carbocycles. The van der Waals surface area contributed by atoms with E-state index in [1.54, 1.807) is 17.7 Å². The van der Waals surface area contributed by atoms with E-state index in [4.69, 9.17) is 4.74 Å². The number of aryl methyl sites for hydroxylation is 1. The van der Waals surface area contributed by atoms with Crippen LogP contribution in [0.1, 0.15) is 21.7 Å². The minimum absolute atomic E-state index is 0.0932. The third-order valence-corrected chi connectivity index (χ3v) is 4.43. The Kier molecular flexibility index (Phi) is 4.80. The maximum atomic E-state index is 12.5. The Labute approximate surface area is 134 Å². The van der Waals surface area contributed by atoms with Gasteiger partial charge < -0.3 is 9.64 Å². The lowest BCUT2D eigenvalue weighted by Crippen LogP contribution is -2.36. The number of amides is 1. The predicted octanol–water partition coefficient (Wildman–Crippen LogP) is 2.18. The second-order valence-electron chi connectivity index (χ2n) is 5.56. The molecule has 3 rings (SSSR count). The summed E-state index contributed by atoms with van der Waals surface area (Å²) < 4.78 is 5.67. The summed E-state index contributed by atoms with van der Waals surface area (Å²) in [6.45, 7) is 4.57. The first-order chi connectivity index (χ1) is 10.7. The van der Waals surface area contributed by atoms with Gasteiger partial charge in [0.1, 0.15) is 6.33 Å². The summed E-state index contributed by atoms with van der Waals surface area (Å²) in [5.74, 6) is 0.356. The molecule has 0 N–H and O–H groups in total. The average Bonchev–Trinajstić information content (AvgIpc) is 2.94. The van der Waals surface area contributed by atoms with Crippen LogP contribution >= 0.6 is 11.3 Å². The van der Waals surface area contributed by atoms with Gasteiger partial charge in [-0.25, -0.2) is 9.97 Å². The fourth-order valence-corrected chi connectivity index (χ4v) is 3.30. The lowest BCUT2D eigenvalue weighted by molar-refractivity contribution is 0.0738. The van der Waals surface area contributed by atoms with Crippen LogP contribution in [0.25, 0.3) is 0 Å². The van der Waals surface area contributed by atoms with Gasteiger partial charge in [-0.1, -0.05) is 0 Å². The molecule has 116 valence electrons. The monoisotopic (exact) mass is 317 g/mol. The number of hydrogen-bond donors (Lipinski definition) is 0. The summed E-state index contributed by atoms with van der Waals surface area (Å²) in [6.07, 6.45) is 2.40. The number of nitrogens with zero attached hydrogens (tertiary/aromatic N) is 3. The van der Waals surface area contributed by atoms with Crippen LogP contribution in [0.2, 0.25) is 0 Å². The Morgan fingerprint density at radius 3 is 3.18 bits per heavy atom. The van der Waals surface area contributed by atoms with Gasteiger partial charge in [0, 0.05) is 35.8 Å². The van der Waals surface area contributed by atoms with E-state index in [-0.39, 0.29) is 11.8 Å². The lowest BCUT2D eigenvalue weighted by Gasteiger charge is -2.23. The molecule has 1 amide bonds. The van der Waals surface area contributed by atoms with Gasteiger partial charge in [0.2, 0.25) is 0 Å². The summed E-state index contributed by atoms with van der Waals surface area (Å²) in [5, 5.41) is 3.83. The molecule has 1 fully saturated rings. The number of rotatable bonds is 3. The highest BCUT2D eigenvalue weighted by Crippen LogP contribution is 2.16. The largest absolute Gasteiger partial charge is 0.379 e. The highest BCUT2D eigenvalue weighted by atomic mass is 32.1. The third kappa shape index (κ3) is 3.69. The van der Waals surface area contributed by atoms with Crippen LogP contribution in [-0.2, 0) is 11.2 Å². The van der Waals surface area contributed by atoms with Crippen LogP contribution < -0.4 is 0 Å². The van der Waals surface area contributed by atoms with Gasteiger partial charge in [-0.2, -0.15) is 11.3 Å². The zero-order chi connectivity index (χ0) is 15.4. The smallest absolute Gasteiger partial charge is 0.254 e. The number of aromatic nitrogens is 2. The summed E-state index contributed by atoms with van der Waals surface area (Å²) >= 11 is 1.55. The Balaban J connectivity index is 1.68. The zero-order valence-corrected chi connectivity index (χ0v) is 13.4. The fourth-order valence-electron chi connectivity index (χ4n) is 2.67. The molecule has 1 aliphatic rings. The van der Waals surface area contributed by atoms with Crippen molar-refractivity contribution in [2.24, 2.45) is 5.92 Å². The van der Waals surface area contributed by atoms with Crippen LogP contribution in [0.4, 0.5) is 0 Å². The van der Waals surface area contributed by atoms with Crippen molar-refractivity contribution in [3.63, 3.8) is 0 Å². The molecule has 0 aliphatic carbocycles. The van der Waals surface area contributed by atoms with E-state index in [9.17, 15) is 4.79 Å². The maximum absolute atomic E-state index is 12.5. The van der Waals surface area contributed by atoms with Gasteiger partial charge in [-0.3, -0.25) is 4.79 Å². The topological polar surface area (TPSA) is 55.3 Å². The zero-order valence-electron chi connectivity index (χ0n) is 12.6. The van der Waals surface area contributed by atoms with Crippen molar-refractivity contribution < 1.29 is 9.53 Å². The molecule has 3 heterocycles. The van der Waals surface area contributed by atoms with E-state index in [1.807, 2.05) is 34.7 Å². The third-order valence-electron chi connectivity index (χ3n) is 3.75. The molecule has 2 aromatic rings. The molecule has 22 heavy (non-hydrogen) atoms. The molecule has 1 unspecified atom stereocenters. The first-order valence-electron chi connectivity index (χ1n) is 7.39. The van der Waals surface area contributed by atoms with Gasteiger partial charge in [0.25, 0.3) is 5.91 Å². The van der Waals surface area contributed by atoms with Crippen molar-refractivity contribution in [3.05, 3.63) is 46.2 Å². The standard InChI is InChI=1S/C16H19N3O2S/c1-12-6-15(18-11-17-12)7-13-8-19(3-4-21-9-13)16(20)14-2-5-22-10-14/h2,5-6,10-11,13H,3-4,7-9H2,1H3. The van der Waals surface area contributed by atoms with Gasteiger partial charge in [0.15, 0.2) is 0 Å². The Hall–Kier alpha value is -1.79. The number of carbonyl (C=O) groups is 1. The Morgan fingerprint density at radius 1 is 1.50 bits per heavy atom. The SMILES string of the molecule is Cc1cc(CC2COCCN(C(=O)c3ccsc3)C2)ncn1. The van der Waals surface area contributed by atoms with Crippen LogP contribution in [-0.4, -0.2) is 47.1 Å². The molecule has 1 atom stereocenters. The van der Waals surface area contributed by atoms with E-state index in [2.05, 4.69) is 9.97 Å². The van der Waals surface area contributed by atoms with Crippen LogP contribution in [0, 0.1) is 12.8 Å². The summed E-state index contributed by atoms with van der Waals surface area (Å²) in [4.78, 5) is 22.9. The van der Waals surface area contributed by atoms with Gasteiger partial charge in [-0.15, -0.1) is 0 Å². The highest BCUT2D eigenvalue weighted by molar-refractivity contribution is 7.08. The number of ether oxygens (including phenoxy) is 1. The van der Waals surface area contributed by atoms with Crippen LogP contribution in [0.15, 0.2) is 29.2 Å². The first kappa shape index (κ1) is 15.1. The van der Waals surface area contributed by atoms with E-state index in [0.717, 1.165) is 23.4 Å². The van der Waals surface area contributed by atoms with Gasteiger partial charge in [-0.05, 0) is 30.9 Å². The van der Waals surface area contributed by atoms with Gasteiger partial charge >= 0.3 is 0 Å². The van der Waals surface area contributed by atoms with Crippen molar-refractivity contribution in [2.75, 3.05) is 26.3 Å². The van der Waals surface area contributed by atoms with Crippen molar-refractivity contribution in [1.29, 1.82) is 0 Å². The van der Waals surface area contributed by atoms with Gasteiger partial charge in [0.05, 0.1) is 18.8 Å². The summed E-state index contributed by atoms with van der Waals surface area (Å²) in [6, 6.07) is 3.87. The number of hydrogen-bond acceptors (Lipinski definition) is 5. The quantitative estimate of drug-likeness (QED) is 0.871. The molecule has 1 aliphatic heterocycles. The minimum Gasteiger partial charge on any atom is -0.379 e. The second kappa shape index (κ2) is 6.98. The average molecular weight is 317 g/mol. The second-order valence-corrected chi connectivity index (χ2v) is 6.34. The van der Waals surface area contributed by atoms with E-state index in [1.165, 1.54) is 0 Å². The fraction of sp³-hybridized carbons (Fsp3) is 0.438. The Bertz CT molecular complexity index is 630. The number of thiophene rings is 1. The molecule has 1 saturated heterocycles. The molecule has 5 nitrogen and oxygen atoms in total. The van der Waals surface area contributed by atoms with E-state index in [0.29, 0.717) is 26.3 Å². The molecule has 6 heteroatoms. The lowest BCUT2D eigenvalue weighted by atomic mass is 10.0. The molecule has 0 bridgehead atoms.